The molecule has 0 bridgehead atoms. The second-order valence-corrected chi connectivity index (χ2v) is 7.37. The fourth-order valence-electron chi connectivity index (χ4n) is 3.46. The van der Waals surface area contributed by atoms with Gasteiger partial charge in [0.05, 0.1) is 11.9 Å². The monoisotopic (exact) mass is 404 g/mol. The predicted octanol–water partition coefficient (Wildman–Crippen LogP) is 2.50. The number of piperazine rings is 1. The highest BCUT2D eigenvalue weighted by Crippen LogP contribution is 2.18. The zero-order valence-electron chi connectivity index (χ0n) is 17.1. The van der Waals surface area contributed by atoms with Gasteiger partial charge >= 0.3 is 0 Å². The molecule has 3 heterocycles. The van der Waals surface area contributed by atoms with Crippen LogP contribution in [0.5, 0.6) is 0 Å². The molecule has 0 unspecified atom stereocenters. The Balaban J connectivity index is 1.38. The van der Waals surface area contributed by atoms with Crippen molar-refractivity contribution >= 4 is 23.2 Å². The van der Waals surface area contributed by atoms with Gasteiger partial charge in [-0.1, -0.05) is 17.7 Å². The van der Waals surface area contributed by atoms with E-state index in [0.29, 0.717) is 30.3 Å². The number of imidazole rings is 1. The normalized spacial score (nSPS) is 13.9. The average Bonchev–Trinajstić information content (AvgIpc) is 3.24. The second kappa shape index (κ2) is 8.36. The van der Waals surface area contributed by atoms with Crippen LogP contribution in [-0.4, -0.2) is 57.4 Å². The number of nitrogens with one attached hydrogen (secondary N) is 1. The number of anilines is 2. The average molecular weight is 404 g/mol. The van der Waals surface area contributed by atoms with E-state index in [2.05, 4.69) is 51.4 Å². The molecule has 154 valence electrons. The van der Waals surface area contributed by atoms with E-state index in [1.165, 1.54) is 18.2 Å². The van der Waals surface area contributed by atoms with Crippen LogP contribution in [0, 0.1) is 6.92 Å². The van der Waals surface area contributed by atoms with Gasteiger partial charge in [-0.3, -0.25) is 14.2 Å². The van der Waals surface area contributed by atoms with Crippen molar-refractivity contribution in [3.8, 4) is 5.82 Å². The largest absolute Gasteiger partial charge is 0.368 e. The third-order valence-corrected chi connectivity index (χ3v) is 5.10. The van der Waals surface area contributed by atoms with E-state index >= 15 is 0 Å². The fraction of sp³-hybridized carbons (Fsp3) is 0.273. The summed E-state index contributed by atoms with van der Waals surface area (Å²) in [6.07, 6.45) is 4.84. The van der Waals surface area contributed by atoms with Crippen molar-refractivity contribution in [3.63, 3.8) is 0 Å². The predicted molar refractivity (Wildman–Crippen MR) is 115 cm³/mol. The Morgan fingerprint density at radius 3 is 2.33 bits per heavy atom. The van der Waals surface area contributed by atoms with Crippen LogP contribution in [0.4, 0.5) is 11.4 Å². The van der Waals surface area contributed by atoms with Crippen molar-refractivity contribution < 1.29 is 9.59 Å². The number of aryl methyl sites for hydroxylation is 1. The van der Waals surface area contributed by atoms with Gasteiger partial charge in [0.2, 0.25) is 5.91 Å². The molecular weight excluding hydrogens is 380 g/mol. The smallest absolute Gasteiger partial charge is 0.274 e. The van der Waals surface area contributed by atoms with E-state index in [0.717, 1.165) is 13.1 Å². The number of carbonyl (C=O) groups excluding carboxylic acids is 2. The van der Waals surface area contributed by atoms with Crippen molar-refractivity contribution in [2.24, 2.45) is 0 Å². The van der Waals surface area contributed by atoms with Crippen molar-refractivity contribution in [2.75, 3.05) is 36.4 Å². The van der Waals surface area contributed by atoms with Crippen LogP contribution in [0.3, 0.4) is 0 Å². The highest BCUT2D eigenvalue weighted by molar-refractivity contribution is 5.92. The van der Waals surface area contributed by atoms with Crippen molar-refractivity contribution in [3.05, 3.63) is 66.4 Å². The summed E-state index contributed by atoms with van der Waals surface area (Å²) in [4.78, 5) is 36.7. The summed E-state index contributed by atoms with van der Waals surface area (Å²) in [5.74, 6) is 0.398. The second-order valence-electron chi connectivity index (χ2n) is 7.37. The van der Waals surface area contributed by atoms with Crippen molar-refractivity contribution in [1.82, 2.24) is 19.4 Å². The summed E-state index contributed by atoms with van der Waals surface area (Å²) in [7, 11) is 0. The zero-order valence-corrected chi connectivity index (χ0v) is 17.1. The molecule has 1 aliphatic heterocycles. The van der Waals surface area contributed by atoms with E-state index in [9.17, 15) is 9.59 Å². The van der Waals surface area contributed by atoms with E-state index in [4.69, 9.17) is 0 Å². The highest BCUT2D eigenvalue weighted by Gasteiger charge is 2.24. The fourth-order valence-corrected chi connectivity index (χ4v) is 3.46. The lowest BCUT2D eigenvalue weighted by Gasteiger charge is -2.35. The summed E-state index contributed by atoms with van der Waals surface area (Å²) in [6.45, 7) is 6.42. The van der Waals surface area contributed by atoms with E-state index < -0.39 is 0 Å². The standard InChI is InChI=1S/C22H24N6O2/c1-16-3-6-19(7-4-16)26-9-11-27(12-10-26)22(30)20-14-28(15-24-20)21-8-5-18(13-23-21)25-17(2)29/h3-8,13-15H,9-12H2,1-2H3,(H,25,29). The molecular formula is C22H24N6O2. The first kappa shape index (κ1) is 19.6. The molecule has 2 amide bonds. The van der Waals surface area contributed by atoms with Gasteiger partial charge in [0.15, 0.2) is 0 Å². The van der Waals surface area contributed by atoms with Crippen LogP contribution in [0.1, 0.15) is 23.0 Å². The Hall–Kier alpha value is -3.68. The first-order valence-electron chi connectivity index (χ1n) is 9.88. The first-order valence-corrected chi connectivity index (χ1v) is 9.88. The van der Waals surface area contributed by atoms with Gasteiger partial charge in [-0.15, -0.1) is 0 Å². The minimum atomic E-state index is -0.150. The number of nitrogens with zero attached hydrogens (tertiary/aromatic N) is 5. The highest BCUT2D eigenvalue weighted by atomic mass is 16.2. The molecule has 3 aromatic rings. The lowest BCUT2D eigenvalue weighted by molar-refractivity contribution is -0.114. The molecule has 30 heavy (non-hydrogen) atoms. The third-order valence-electron chi connectivity index (χ3n) is 5.10. The molecule has 1 fully saturated rings. The summed E-state index contributed by atoms with van der Waals surface area (Å²) >= 11 is 0. The topological polar surface area (TPSA) is 83.4 Å². The lowest BCUT2D eigenvalue weighted by atomic mass is 10.2. The quantitative estimate of drug-likeness (QED) is 0.722. The van der Waals surface area contributed by atoms with Crippen LogP contribution in [0.2, 0.25) is 0 Å². The minimum Gasteiger partial charge on any atom is -0.368 e. The number of hydrogen-bond acceptors (Lipinski definition) is 5. The molecule has 4 rings (SSSR count). The van der Waals surface area contributed by atoms with Gasteiger partial charge < -0.3 is 15.1 Å². The summed E-state index contributed by atoms with van der Waals surface area (Å²) in [6, 6.07) is 12.0. The maximum Gasteiger partial charge on any atom is 0.274 e. The van der Waals surface area contributed by atoms with Crippen molar-refractivity contribution in [2.45, 2.75) is 13.8 Å². The van der Waals surface area contributed by atoms with Crippen LogP contribution in [0.15, 0.2) is 55.1 Å². The molecule has 0 saturated carbocycles. The molecule has 0 radical (unpaired) electrons. The van der Waals surface area contributed by atoms with Gasteiger partial charge in [0, 0.05) is 45.0 Å². The van der Waals surface area contributed by atoms with Crippen LogP contribution in [0.25, 0.3) is 5.82 Å². The summed E-state index contributed by atoms with van der Waals surface area (Å²) in [5, 5.41) is 2.68. The molecule has 1 aliphatic rings. The maximum atomic E-state index is 12.9. The summed E-state index contributed by atoms with van der Waals surface area (Å²) in [5.41, 5.74) is 3.44. The van der Waals surface area contributed by atoms with Gasteiger partial charge in [0.25, 0.3) is 5.91 Å². The number of amides is 2. The van der Waals surface area contributed by atoms with Gasteiger partial charge in [0.1, 0.15) is 17.8 Å². The van der Waals surface area contributed by atoms with Gasteiger partial charge in [-0.05, 0) is 31.2 Å². The first-order chi connectivity index (χ1) is 14.5. The molecule has 8 nitrogen and oxygen atoms in total. The van der Waals surface area contributed by atoms with Gasteiger partial charge in [-0.2, -0.15) is 0 Å². The zero-order chi connectivity index (χ0) is 21.1. The maximum absolute atomic E-state index is 12.9. The Bertz CT molecular complexity index is 1030. The van der Waals surface area contributed by atoms with E-state index in [-0.39, 0.29) is 11.8 Å². The molecule has 1 aromatic carbocycles. The number of hydrogen-bond donors (Lipinski definition) is 1. The molecule has 0 atom stereocenters. The molecule has 1 saturated heterocycles. The lowest BCUT2D eigenvalue weighted by Crippen LogP contribution is -2.48. The van der Waals surface area contributed by atoms with E-state index in [1.54, 1.807) is 35.4 Å². The Labute approximate surface area is 175 Å². The molecule has 0 aliphatic carbocycles. The number of benzene rings is 1. The van der Waals surface area contributed by atoms with Crippen LogP contribution >= 0.6 is 0 Å². The third kappa shape index (κ3) is 4.32. The molecule has 1 N–H and O–H groups in total. The SMILES string of the molecule is CC(=O)Nc1ccc(-n2cnc(C(=O)N3CCN(c4ccc(C)cc4)CC3)c2)nc1. The molecule has 8 heteroatoms. The van der Waals surface area contributed by atoms with Crippen LogP contribution in [-0.2, 0) is 4.79 Å². The summed E-state index contributed by atoms with van der Waals surface area (Å²) < 4.78 is 1.70. The Kier molecular flexibility index (Phi) is 5.47. The van der Waals surface area contributed by atoms with Crippen molar-refractivity contribution in [1.29, 1.82) is 0 Å². The van der Waals surface area contributed by atoms with Gasteiger partial charge in [-0.25, -0.2) is 9.97 Å². The van der Waals surface area contributed by atoms with Crippen LogP contribution < -0.4 is 10.2 Å². The molecule has 0 spiro atoms. The Morgan fingerprint density at radius 1 is 0.967 bits per heavy atom. The minimum absolute atomic E-state index is 0.0767. The number of rotatable bonds is 4. The van der Waals surface area contributed by atoms with E-state index in [1.807, 2.05) is 4.90 Å². The number of aromatic nitrogens is 3. The molecule has 2 aromatic heterocycles. The number of carbonyl (C=O) groups is 2. The Morgan fingerprint density at radius 2 is 1.70 bits per heavy atom. The number of pyridine rings is 1.